The Morgan fingerprint density at radius 3 is 2.90 bits per heavy atom. The second-order valence-corrected chi connectivity index (χ2v) is 6.86. The van der Waals surface area contributed by atoms with Gasteiger partial charge in [-0.1, -0.05) is 30.3 Å². The van der Waals surface area contributed by atoms with Crippen molar-refractivity contribution in [1.82, 2.24) is 9.88 Å². The highest BCUT2D eigenvalue weighted by Gasteiger charge is 2.40. The summed E-state index contributed by atoms with van der Waals surface area (Å²) in [5.74, 6) is 0. The van der Waals surface area contributed by atoms with Crippen molar-refractivity contribution in [2.45, 2.75) is 37.5 Å². The van der Waals surface area contributed by atoms with E-state index in [2.05, 4.69) is 11.9 Å². The Hall–Kier alpha value is -1.23. The van der Waals surface area contributed by atoms with Crippen LogP contribution in [0.15, 0.2) is 30.3 Å². The molecule has 1 saturated heterocycles. The normalized spacial score (nSPS) is 26.5. The summed E-state index contributed by atoms with van der Waals surface area (Å²) in [6.07, 6.45) is 2.97. The Morgan fingerprint density at radius 2 is 2.10 bits per heavy atom. The highest BCUT2D eigenvalue weighted by molar-refractivity contribution is 7.12. The molecule has 1 N–H and O–H groups in total. The molecule has 0 amide bonds. The van der Waals surface area contributed by atoms with Crippen molar-refractivity contribution in [3.05, 3.63) is 51.5 Å². The predicted molar refractivity (Wildman–Crippen MR) is 79.8 cm³/mol. The molecular formula is C16H18N2OS. The van der Waals surface area contributed by atoms with Gasteiger partial charge in [-0.3, -0.25) is 4.90 Å². The molecule has 0 radical (unpaired) electrons. The number of likely N-dealkylation sites (N-methyl/N-ethyl adjacent to an activating group) is 1. The number of fused-ring (bicyclic) bond motifs is 4. The average Bonchev–Trinajstić information content (AvgIpc) is 3.00. The molecule has 3 nitrogen and oxygen atoms in total. The molecule has 2 aliphatic heterocycles. The maximum atomic E-state index is 10.5. The van der Waals surface area contributed by atoms with E-state index in [0.717, 1.165) is 17.0 Å². The number of aliphatic hydroxyl groups excluding tert-OH is 1. The molecule has 1 fully saturated rings. The standard InChI is InChI=1S/C16H18N2OS/c1-18-11-7-8-13(18)15-12(9-11)17-16(20-15)14(19)10-5-3-2-4-6-10/h2-6,11,13-14,19H,7-9H2,1H3. The molecular weight excluding hydrogens is 268 g/mol. The van der Waals surface area contributed by atoms with Gasteiger partial charge in [0.25, 0.3) is 0 Å². The van der Waals surface area contributed by atoms with Gasteiger partial charge in [0.2, 0.25) is 0 Å². The lowest BCUT2D eigenvalue weighted by Gasteiger charge is -2.29. The second-order valence-electron chi connectivity index (χ2n) is 5.79. The van der Waals surface area contributed by atoms with E-state index in [4.69, 9.17) is 4.98 Å². The second kappa shape index (κ2) is 4.65. The number of rotatable bonds is 2. The fourth-order valence-electron chi connectivity index (χ4n) is 3.48. The molecule has 2 aliphatic rings. The van der Waals surface area contributed by atoms with Crippen LogP contribution in [0.5, 0.6) is 0 Å². The summed E-state index contributed by atoms with van der Waals surface area (Å²) in [5.41, 5.74) is 2.16. The summed E-state index contributed by atoms with van der Waals surface area (Å²) in [7, 11) is 2.22. The molecule has 0 saturated carbocycles. The van der Waals surface area contributed by atoms with Crippen LogP contribution in [0.3, 0.4) is 0 Å². The molecule has 3 atom stereocenters. The monoisotopic (exact) mass is 286 g/mol. The van der Waals surface area contributed by atoms with Crippen molar-refractivity contribution in [2.75, 3.05) is 7.05 Å². The largest absolute Gasteiger partial charge is 0.381 e. The minimum atomic E-state index is -0.587. The minimum Gasteiger partial charge on any atom is -0.381 e. The van der Waals surface area contributed by atoms with Crippen molar-refractivity contribution in [1.29, 1.82) is 0 Å². The lowest BCUT2D eigenvalue weighted by molar-refractivity contribution is 0.217. The van der Waals surface area contributed by atoms with Crippen LogP contribution < -0.4 is 0 Å². The van der Waals surface area contributed by atoms with Gasteiger partial charge >= 0.3 is 0 Å². The molecule has 2 aromatic rings. The van der Waals surface area contributed by atoms with Crippen LogP contribution in [-0.2, 0) is 6.42 Å². The number of thiazole rings is 1. The van der Waals surface area contributed by atoms with Gasteiger partial charge in [-0.15, -0.1) is 11.3 Å². The van der Waals surface area contributed by atoms with Crippen LogP contribution in [-0.4, -0.2) is 28.1 Å². The SMILES string of the molecule is CN1C2CCC1c1sc(C(O)c3ccccc3)nc1C2. The zero-order valence-corrected chi connectivity index (χ0v) is 12.3. The highest BCUT2D eigenvalue weighted by atomic mass is 32.1. The number of benzene rings is 1. The van der Waals surface area contributed by atoms with E-state index in [1.54, 1.807) is 11.3 Å². The minimum absolute atomic E-state index is 0.526. The highest BCUT2D eigenvalue weighted by Crippen LogP contribution is 2.46. The first-order valence-electron chi connectivity index (χ1n) is 7.18. The summed E-state index contributed by atoms with van der Waals surface area (Å²) in [6.45, 7) is 0. The Bertz CT molecular complexity index is 625. The van der Waals surface area contributed by atoms with Crippen LogP contribution in [0.1, 0.15) is 46.1 Å². The molecule has 1 aromatic heterocycles. The van der Waals surface area contributed by atoms with Gasteiger partial charge in [-0.05, 0) is 25.5 Å². The first-order chi connectivity index (χ1) is 9.74. The molecule has 20 heavy (non-hydrogen) atoms. The van der Waals surface area contributed by atoms with Crippen molar-refractivity contribution in [3.63, 3.8) is 0 Å². The quantitative estimate of drug-likeness (QED) is 0.922. The molecule has 1 aromatic carbocycles. The summed E-state index contributed by atoms with van der Waals surface area (Å²) >= 11 is 1.70. The molecule has 104 valence electrons. The third kappa shape index (κ3) is 1.83. The van der Waals surface area contributed by atoms with Crippen LogP contribution >= 0.6 is 11.3 Å². The summed E-state index contributed by atoms with van der Waals surface area (Å²) < 4.78 is 0. The Labute approximate surface area is 122 Å². The number of aliphatic hydroxyl groups is 1. The van der Waals surface area contributed by atoms with Gasteiger partial charge in [0.05, 0.1) is 5.69 Å². The fourth-order valence-corrected chi connectivity index (χ4v) is 4.78. The van der Waals surface area contributed by atoms with Gasteiger partial charge in [-0.25, -0.2) is 4.98 Å². The van der Waals surface area contributed by atoms with Crippen LogP contribution in [0.4, 0.5) is 0 Å². The first-order valence-corrected chi connectivity index (χ1v) is 8.00. The molecule has 0 spiro atoms. The van der Waals surface area contributed by atoms with Crippen molar-refractivity contribution in [2.24, 2.45) is 0 Å². The lowest BCUT2D eigenvalue weighted by atomic mass is 10.1. The Morgan fingerprint density at radius 1 is 1.30 bits per heavy atom. The molecule has 4 heteroatoms. The van der Waals surface area contributed by atoms with Crippen LogP contribution in [0, 0.1) is 0 Å². The predicted octanol–water partition coefficient (Wildman–Crippen LogP) is 2.92. The zero-order chi connectivity index (χ0) is 13.7. The third-order valence-corrected chi connectivity index (χ3v) is 5.92. The smallest absolute Gasteiger partial charge is 0.131 e. The van der Waals surface area contributed by atoms with Gasteiger partial charge in [-0.2, -0.15) is 0 Å². The van der Waals surface area contributed by atoms with E-state index in [9.17, 15) is 5.11 Å². The van der Waals surface area contributed by atoms with Gasteiger partial charge in [0.1, 0.15) is 11.1 Å². The number of hydrogen-bond donors (Lipinski definition) is 1. The van der Waals surface area contributed by atoms with E-state index >= 15 is 0 Å². The van der Waals surface area contributed by atoms with E-state index in [1.165, 1.54) is 23.4 Å². The van der Waals surface area contributed by atoms with E-state index < -0.39 is 6.10 Å². The van der Waals surface area contributed by atoms with Crippen LogP contribution in [0.2, 0.25) is 0 Å². The fraction of sp³-hybridized carbons (Fsp3) is 0.438. The van der Waals surface area contributed by atoms with Crippen molar-refractivity contribution < 1.29 is 5.11 Å². The Kier molecular flexibility index (Phi) is 2.91. The van der Waals surface area contributed by atoms with Crippen molar-refractivity contribution in [3.8, 4) is 0 Å². The van der Waals surface area contributed by atoms with E-state index in [0.29, 0.717) is 12.1 Å². The zero-order valence-electron chi connectivity index (χ0n) is 11.5. The third-order valence-electron chi connectivity index (χ3n) is 4.67. The molecule has 0 aliphatic carbocycles. The average molecular weight is 286 g/mol. The molecule has 3 heterocycles. The number of nitrogens with zero attached hydrogens (tertiary/aromatic N) is 2. The molecule has 4 rings (SSSR count). The lowest BCUT2D eigenvalue weighted by Crippen LogP contribution is -2.33. The van der Waals surface area contributed by atoms with E-state index in [-0.39, 0.29) is 0 Å². The van der Waals surface area contributed by atoms with Crippen molar-refractivity contribution >= 4 is 11.3 Å². The van der Waals surface area contributed by atoms with Gasteiger partial charge < -0.3 is 5.11 Å². The molecule has 3 unspecified atom stereocenters. The summed E-state index contributed by atoms with van der Waals surface area (Å²) in [6, 6.07) is 11.0. The van der Waals surface area contributed by atoms with Gasteiger partial charge in [0.15, 0.2) is 0 Å². The maximum Gasteiger partial charge on any atom is 0.131 e. The molecule has 2 bridgehead atoms. The van der Waals surface area contributed by atoms with E-state index in [1.807, 2.05) is 30.3 Å². The summed E-state index contributed by atoms with van der Waals surface area (Å²) in [5, 5.41) is 11.4. The maximum absolute atomic E-state index is 10.5. The Balaban J connectivity index is 1.69. The first kappa shape index (κ1) is 12.5. The number of hydrogen-bond acceptors (Lipinski definition) is 4. The topological polar surface area (TPSA) is 36.4 Å². The van der Waals surface area contributed by atoms with Crippen LogP contribution in [0.25, 0.3) is 0 Å². The summed E-state index contributed by atoms with van der Waals surface area (Å²) in [4.78, 5) is 8.61. The van der Waals surface area contributed by atoms with Gasteiger partial charge in [0, 0.05) is 23.4 Å². The number of aromatic nitrogens is 1.